The van der Waals surface area contributed by atoms with Crippen LogP contribution in [0.1, 0.15) is 34.6 Å². The van der Waals surface area contributed by atoms with E-state index < -0.39 is 57.9 Å². The maximum absolute atomic E-state index is 12.7. The molecular weight excluding hydrogens is 348 g/mol. The average molecular weight is 368 g/mol. The van der Waals surface area contributed by atoms with E-state index in [9.17, 15) is 39.6 Å². The fraction of sp³-hybridized carbons (Fsp3) is 0.375. The molecule has 0 aromatic heterocycles. The highest BCUT2D eigenvalue weighted by atomic mass is 16.4. The first kappa shape index (κ1) is 21.4. The number of Topliss-reactive ketones (excluding diaryl/α,β-unsaturated/α-hetero) is 2. The second-order valence-electron chi connectivity index (χ2n) is 5.90. The van der Waals surface area contributed by atoms with E-state index in [1.807, 2.05) is 0 Å². The largest absolute Gasteiger partial charge is 0.479 e. The third-order valence-corrected chi connectivity index (χ3v) is 4.19. The number of hydrogen-bond acceptors (Lipinski definition) is 8. The van der Waals surface area contributed by atoms with Crippen LogP contribution < -0.4 is 11.5 Å². The van der Waals surface area contributed by atoms with E-state index in [-0.39, 0.29) is 0 Å². The standard InChI is InChI=1S/C16H20N2O8/c1-7(19)15(17,13(23)24)11(21)9-5-3-4-6-10(9)12(22)16(18,8(2)20)14(25)26/h3-8,19-20H,17-18H2,1-2H3,(H,23,24)(H,25,26)/t7?,8?,15-,16-/m1/s1. The molecule has 4 atom stereocenters. The Labute approximate surface area is 148 Å². The lowest BCUT2D eigenvalue weighted by Crippen LogP contribution is -2.64. The number of carboxylic acid groups (broad SMARTS) is 2. The van der Waals surface area contributed by atoms with Gasteiger partial charge in [0, 0.05) is 11.1 Å². The van der Waals surface area contributed by atoms with Gasteiger partial charge in [0.1, 0.15) is 0 Å². The summed E-state index contributed by atoms with van der Waals surface area (Å²) in [6.07, 6.45) is -3.65. The maximum atomic E-state index is 12.7. The van der Waals surface area contributed by atoms with Crippen molar-refractivity contribution in [3.05, 3.63) is 35.4 Å². The predicted octanol–water partition coefficient (Wildman–Crippen LogP) is -1.62. The van der Waals surface area contributed by atoms with Crippen LogP contribution in [0.4, 0.5) is 0 Å². The number of aliphatic hydroxyl groups is 2. The molecule has 0 radical (unpaired) electrons. The van der Waals surface area contributed by atoms with Crippen molar-refractivity contribution in [3.8, 4) is 0 Å². The van der Waals surface area contributed by atoms with Crippen molar-refractivity contribution in [2.24, 2.45) is 11.5 Å². The predicted molar refractivity (Wildman–Crippen MR) is 87.6 cm³/mol. The van der Waals surface area contributed by atoms with Gasteiger partial charge in [-0.05, 0) is 13.8 Å². The molecule has 142 valence electrons. The van der Waals surface area contributed by atoms with E-state index in [1.54, 1.807) is 0 Å². The van der Waals surface area contributed by atoms with Crippen LogP contribution in [0.25, 0.3) is 0 Å². The van der Waals surface area contributed by atoms with Crippen molar-refractivity contribution >= 4 is 23.5 Å². The molecular formula is C16H20N2O8. The Kier molecular flexibility index (Phi) is 6.00. The van der Waals surface area contributed by atoms with Gasteiger partial charge in [0.05, 0.1) is 12.2 Å². The van der Waals surface area contributed by atoms with Gasteiger partial charge in [-0.25, -0.2) is 9.59 Å². The third-order valence-electron chi connectivity index (χ3n) is 4.19. The van der Waals surface area contributed by atoms with Crippen molar-refractivity contribution in [3.63, 3.8) is 0 Å². The Balaban J connectivity index is 3.63. The van der Waals surface area contributed by atoms with E-state index in [0.717, 1.165) is 26.0 Å². The minimum Gasteiger partial charge on any atom is -0.479 e. The van der Waals surface area contributed by atoms with Crippen LogP contribution in [-0.2, 0) is 9.59 Å². The zero-order valence-electron chi connectivity index (χ0n) is 14.0. The second kappa shape index (κ2) is 7.30. The molecule has 10 nitrogen and oxygen atoms in total. The van der Waals surface area contributed by atoms with Crippen LogP contribution in [0.2, 0.25) is 0 Å². The van der Waals surface area contributed by atoms with Gasteiger partial charge >= 0.3 is 11.9 Å². The quantitative estimate of drug-likeness (QED) is 0.229. The molecule has 10 heteroatoms. The highest BCUT2D eigenvalue weighted by Crippen LogP contribution is 2.24. The number of rotatable bonds is 8. The van der Waals surface area contributed by atoms with Gasteiger partial charge in [-0.2, -0.15) is 0 Å². The third kappa shape index (κ3) is 3.22. The summed E-state index contributed by atoms with van der Waals surface area (Å²) in [6, 6.07) is 4.67. The summed E-state index contributed by atoms with van der Waals surface area (Å²) in [5.41, 5.74) is 4.46. The number of carbonyl (C=O) groups is 4. The summed E-state index contributed by atoms with van der Waals surface area (Å²) in [7, 11) is 0. The summed E-state index contributed by atoms with van der Waals surface area (Å²) in [4.78, 5) is 48.2. The number of aliphatic hydroxyl groups excluding tert-OH is 2. The minimum absolute atomic E-state index is 0.542. The number of benzene rings is 1. The van der Waals surface area contributed by atoms with Gasteiger partial charge < -0.3 is 31.9 Å². The number of nitrogens with two attached hydrogens (primary N) is 2. The molecule has 2 unspecified atom stereocenters. The van der Waals surface area contributed by atoms with Crippen LogP contribution >= 0.6 is 0 Å². The smallest absolute Gasteiger partial charge is 0.334 e. The molecule has 0 aliphatic rings. The lowest BCUT2D eigenvalue weighted by molar-refractivity contribution is -0.146. The number of ketones is 2. The zero-order valence-corrected chi connectivity index (χ0v) is 14.0. The molecule has 0 bridgehead atoms. The van der Waals surface area contributed by atoms with Crippen molar-refractivity contribution in [1.29, 1.82) is 0 Å². The molecule has 0 spiro atoms. The molecule has 26 heavy (non-hydrogen) atoms. The summed E-state index contributed by atoms with van der Waals surface area (Å²) in [6.45, 7) is 1.97. The van der Waals surface area contributed by atoms with Crippen LogP contribution in [0.15, 0.2) is 24.3 Å². The van der Waals surface area contributed by atoms with Crippen LogP contribution in [0.5, 0.6) is 0 Å². The lowest BCUT2D eigenvalue weighted by Gasteiger charge is -2.29. The molecule has 1 rings (SSSR count). The van der Waals surface area contributed by atoms with Crippen molar-refractivity contribution in [1.82, 2.24) is 0 Å². The topological polar surface area (TPSA) is 201 Å². The van der Waals surface area contributed by atoms with Gasteiger partial charge in [-0.1, -0.05) is 24.3 Å². The highest BCUT2D eigenvalue weighted by Gasteiger charge is 2.51. The van der Waals surface area contributed by atoms with Gasteiger partial charge in [0.2, 0.25) is 11.1 Å². The molecule has 0 fully saturated rings. The fourth-order valence-corrected chi connectivity index (χ4v) is 2.26. The van der Waals surface area contributed by atoms with E-state index in [4.69, 9.17) is 11.5 Å². The Morgan fingerprint density at radius 3 is 1.27 bits per heavy atom. The summed E-state index contributed by atoms with van der Waals surface area (Å²) in [5.74, 6) is -6.32. The van der Waals surface area contributed by atoms with Crippen LogP contribution in [0.3, 0.4) is 0 Å². The molecule has 1 aromatic carbocycles. The molecule has 8 N–H and O–H groups in total. The van der Waals surface area contributed by atoms with E-state index >= 15 is 0 Å². The average Bonchev–Trinajstić information content (AvgIpc) is 2.57. The Hall–Kier alpha value is -2.66. The normalized spacial score (nSPS) is 18.1. The van der Waals surface area contributed by atoms with E-state index in [1.165, 1.54) is 12.1 Å². The van der Waals surface area contributed by atoms with Crippen molar-refractivity contribution < 1.29 is 39.6 Å². The maximum Gasteiger partial charge on any atom is 0.334 e. The SMILES string of the molecule is CC(O)[C@](N)(C(=O)O)C(=O)c1ccccc1C(=O)[C@@](N)(C(=O)O)C(C)O. The number of aliphatic carboxylic acids is 2. The summed E-state index contributed by atoms with van der Waals surface area (Å²) >= 11 is 0. The molecule has 0 aliphatic heterocycles. The van der Waals surface area contributed by atoms with E-state index in [2.05, 4.69) is 0 Å². The highest BCUT2D eigenvalue weighted by molar-refractivity contribution is 6.24. The Morgan fingerprint density at radius 1 is 0.808 bits per heavy atom. The fourth-order valence-electron chi connectivity index (χ4n) is 2.26. The van der Waals surface area contributed by atoms with Crippen molar-refractivity contribution in [2.45, 2.75) is 37.1 Å². The summed E-state index contributed by atoms with van der Waals surface area (Å²) in [5, 5.41) is 37.8. The van der Waals surface area contributed by atoms with Crippen LogP contribution in [-0.4, -0.2) is 67.2 Å². The number of carboxylic acids is 2. The van der Waals surface area contributed by atoms with E-state index in [0.29, 0.717) is 0 Å². The molecule has 0 saturated heterocycles. The minimum atomic E-state index is -2.78. The molecule has 0 amide bonds. The first-order valence-electron chi connectivity index (χ1n) is 7.42. The Bertz CT molecular complexity index is 697. The molecule has 0 saturated carbocycles. The zero-order chi connectivity index (χ0) is 20.4. The monoisotopic (exact) mass is 368 g/mol. The molecule has 1 aromatic rings. The van der Waals surface area contributed by atoms with Gasteiger partial charge in [-0.3, -0.25) is 9.59 Å². The number of hydrogen-bond donors (Lipinski definition) is 6. The summed E-state index contributed by atoms with van der Waals surface area (Å²) < 4.78 is 0. The van der Waals surface area contributed by atoms with Gasteiger partial charge in [0.25, 0.3) is 0 Å². The first-order valence-corrected chi connectivity index (χ1v) is 7.42. The van der Waals surface area contributed by atoms with Crippen LogP contribution in [0, 0.1) is 0 Å². The van der Waals surface area contributed by atoms with Crippen molar-refractivity contribution in [2.75, 3.05) is 0 Å². The molecule has 0 heterocycles. The number of carbonyl (C=O) groups excluding carboxylic acids is 2. The second-order valence-corrected chi connectivity index (χ2v) is 5.90. The Morgan fingerprint density at radius 2 is 1.08 bits per heavy atom. The van der Waals surface area contributed by atoms with Gasteiger partial charge in [0.15, 0.2) is 11.6 Å². The van der Waals surface area contributed by atoms with Gasteiger partial charge in [-0.15, -0.1) is 0 Å². The first-order chi connectivity index (χ1) is 11.8. The lowest BCUT2D eigenvalue weighted by atomic mass is 9.79. The molecule has 0 aliphatic carbocycles.